The zero-order valence-electron chi connectivity index (χ0n) is 60.2. The molecule has 0 fully saturated rings. The Bertz CT molecular complexity index is 1820. The highest BCUT2D eigenvalue weighted by molar-refractivity contribution is 7.47. The Hall–Kier alpha value is -1.94. The second kappa shape index (κ2) is 62.6. The Labute approximate surface area is 562 Å². The van der Waals surface area contributed by atoms with Gasteiger partial charge in [-0.2, -0.15) is 0 Å². The monoisotopic (exact) mass is 1350 g/mol. The van der Waals surface area contributed by atoms with E-state index >= 15 is 0 Å². The van der Waals surface area contributed by atoms with E-state index in [-0.39, 0.29) is 25.7 Å². The number of unbranched alkanes of at least 4 members (excludes halogenated alkanes) is 34. The van der Waals surface area contributed by atoms with Gasteiger partial charge in [0.15, 0.2) is 12.2 Å². The molecular weight excluding hydrogens is 1210 g/mol. The normalized spacial score (nSPS) is 14.8. The molecule has 3 N–H and O–H groups in total. The lowest BCUT2D eigenvalue weighted by Crippen LogP contribution is -2.30. The summed E-state index contributed by atoms with van der Waals surface area (Å²) in [7, 11) is -9.91. The van der Waals surface area contributed by atoms with Crippen LogP contribution in [0, 0.1) is 23.7 Å². The maximum atomic E-state index is 13.0. The van der Waals surface area contributed by atoms with Crippen molar-refractivity contribution in [1.82, 2.24) is 0 Å². The van der Waals surface area contributed by atoms with Gasteiger partial charge in [-0.15, -0.1) is 0 Å². The maximum absolute atomic E-state index is 13.0. The molecule has 19 heteroatoms. The largest absolute Gasteiger partial charge is 0.472 e. The van der Waals surface area contributed by atoms with Crippen molar-refractivity contribution < 1.29 is 80.2 Å². The van der Waals surface area contributed by atoms with Gasteiger partial charge in [-0.25, -0.2) is 9.13 Å². The van der Waals surface area contributed by atoms with Crippen LogP contribution >= 0.6 is 15.6 Å². The molecule has 92 heavy (non-hydrogen) atoms. The summed E-state index contributed by atoms with van der Waals surface area (Å²) in [4.78, 5) is 72.6. The molecule has 4 unspecified atom stereocenters. The van der Waals surface area contributed by atoms with E-state index in [1.54, 1.807) is 0 Å². The van der Waals surface area contributed by atoms with Crippen molar-refractivity contribution in [2.45, 2.75) is 382 Å². The minimum absolute atomic E-state index is 0.105. The van der Waals surface area contributed by atoms with E-state index in [9.17, 15) is 43.2 Å². The molecule has 0 aliphatic heterocycles. The number of rotatable bonds is 70. The van der Waals surface area contributed by atoms with E-state index in [1.165, 1.54) is 154 Å². The highest BCUT2D eigenvalue weighted by Gasteiger charge is 2.30. The third-order valence-corrected chi connectivity index (χ3v) is 19.4. The number of esters is 4. The lowest BCUT2D eigenvalue weighted by atomic mass is 9.99. The van der Waals surface area contributed by atoms with Gasteiger partial charge in [0.25, 0.3) is 0 Å². The van der Waals surface area contributed by atoms with E-state index < -0.39 is 97.5 Å². The first-order valence-corrected chi connectivity index (χ1v) is 40.8. The molecule has 0 aliphatic rings. The molecule has 0 spiro atoms. The van der Waals surface area contributed by atoms with Gasteiger partial charge in [0.2, 0.25) is 0 Å². The van der Waals surface area contributed by atoms with E-state index in [1.807, 2.05) is 0 Å². The fraction of sp³-hybridized carbons (Fsp3) is 0.945. The molecule has 0 rings (SSSR count). The van der Waals surface area contributed by atoms with Crippen molar-refractivity contribution in [2.75, 3.05) is 39.6 Å². The summed E-state index contributed by atoms with van der Waals surface area (Å²) in [6.07, 6.45) is 45.9. The predicted molar refractivity (Wildman–Crippen MR) is 372 cm³/mol. The van der Waals surface area contributed by atoms with Gasteiger partial charge >= 0.3 is 39.5 Å². The van der Waals surface area contributed by atoms with Gasteiger partial charge in [0, 0.05) is 25.7 Å². The van der Waals surface area contributed by atoms with Crippen molar-refractivity contribution in [1.29, 1.82) is 0 Å². The minimum Gasteiger partial charge on any atom is -0.462 e. The zero-order valence-corrected chi connectivity index (χ0v) is 62.0. The fourth-order valence-electron chi connectivity index (χ4n) is 11.0. The van der Waals surface area contributed by atoms with Crippen LogP contribution in [0.4, 0.5) is 0 Å². The average molecular weight is 1350 g/mol. The number of hydrogen-bond acceptors (Lipinski definition) is 15. The molecule has 0 aromatic heterocycles. The van der Waals surface area contributed by atoms with Gasteiger partial charge in [-0.05, 0) is 49.4 Å². The molecule has 0 bridgehead atoms. The Kier molecular flexibility index (Phi) is 61.3. The van der Waals surface area contributed by atoms with Crippen molar-refractivity contribution in [2.24, 2.45) is 23.7 Å². The summed E-state index contributed by atoms with van der Waals surface area (Å²) < 4.78 is 68.4. The van der Waals surface area contributed by atoms with E-state index in [0.29, 0.717) is 31.6 Å². The maximum Gasteiger partial charge on any atom is 0.472 e. The zero-order chi connectivity index (χ0) is 68.2. The summed E-state index contributed by atoms with van der Waals surface area (Å²) in [6.45, 7) is 14.1. The van der Waals surface area contributed by atoms with Crippen LogP contribution in [0.3, 0.4) is 0 Å². The van der Waals surface area contributed by atoms with E-state index in [4.69, 9.17) is 37.0 Å². The van der Waals surface area contributed by atoms with Gasteiger partial charge in [-0.3, -0.25) is 37.3 Å². The molecule has 7 atom stereocenters. The molecule has 17 nitrogen and oxygen atoms in total. The molecule has 0 heterocycles. The van der Waals surface area contributed by atoms with Crippen LogP contribution in [0.15, 0.2) is 0 Å². The summed E-state index contributed by atoms with van der Waals surface area (Å²) in [5, 5.41) is 10.6. The number of carbonyl (C=O) groups excluding carboxylic acids is 4. The first kappa shape index (κ1) is 90.1. The van der Waals surface area contributed by atoms with Crippen LogP contribution in [0.1, 0.15) is 364 Å². The third-order valence-electron chi connectivity index (χ3n) is 17.5. The molecular formula is C73H142O17P2. The van der Waals surface area contributed by atoms with Crippen LogP contribution < -0.4 is 0 Å². The lowest BCUT2D eigenvalue weighted by molar-refractivity contribution is -0.161. The number of aliphatic hydroxyl groups is 1. The fourth-order valence-corrected chi connectivity index (χ4v) is 12.5. The molecule has 0 aliphatic carbocycles. The SMILES string of the molecule is CCC(C)CCCCCCCCCCCCC(=O)O[C@H](COC(=O)CCCCCCCCC(C)CC)COP(=O)(O)OC[C@H](O)COP(=O)(O)OC[C@@H](COC(=O)CCCCCCCCCC(C)C)OC(=O)CCCCCCCCCCCCCCCCCC(C)C. The minimum atomic E-state index is -4.95. The number of phosphoric acid groups is 2. The molecule has 0 saturated carbocycles. The summed E-state index contributed by atoms with van der Waals surface area (Å²) in [5.74, 6) is 0.914. The molecule has 0 radical (unpaired) electrons. The summed E-state index contributed by atoms with van der Waals surface area (Å²) >= 11 is 0. The highest BCUT2D eigenvalue weighted by Crippen LogP contribution is 2.45. The number of hydrogen-bond donors (Lipinski definition) is 3. The van der Waals surface area contributed by atoms with Crippen LogP contribution in [-0.2, 0) is 65.4 Å². The Morgan fingerprint density at radius 2 is 0.522 bits per heavy atom. The van der Waals surface area contributed by atoms with Crippen LogP contribution in [0.25, 0.3) is 0 Å². The van der Waals surface area contributed by atoms with Gasteiger partial charge in [0.1, 0.15) is 19.3 Å². The van der Waals surface area contributed by atoms with Gasteiger partial charge in [-0.1, -0.05) is 312 Å². The predicted octanol–water partition coefficient (Wildman–Crippen LogP) is 20.9. The second-order valence-electron chi connectivity index (χ2n) is 27.8. The van der Waals surface area contributed by atoms with Crippen molar-refractivity contribution in [3.05, 3.63) is 0 Å². The molecule has 0 aromatic rings. The molecule has 0 saturated heterocycles. The third kappa shape index (κ3) is 64.1. The Balaban J connectivity index is 5.23. The number of ether oxygens (including phenoxy) is 4. The first-order valence-electron chi connectivity index (χ1n) is 37.8. The van der Waals surface area contributed by atoms with Crippen LogP contribution in [0.2, 0.25) is 0 Å². The molecule has 0 aromatic carbocycles. The number of aliphatic hydroxyl groups excluding tert-OH is 1. The van der Waals surface area contributed by atoms with E-state index in [0.717, 1.165) is 120 Å². The van der Waals surface area contributed by atoms with Crippen molar-refractivity contribution in [3.8, 4) is 0 Å². The summed E-state index contributed by atoms with van der Waals surface area (Å²) in [6, 6.07) is 0. The lowest BCUT2D eigenvalue weighted by Gasteiger charge is -2.21. The number of carbonyl (C=O) groups is 4. The molecule has 0 amide bonds. The first-order chi connectivity index (χ1) is 44.2. The average Bonchev–Trinajstić information content (AvgIpc) is 2.33. The van der Waals surface area contributed by atoms with Crippen molar-refractivity contribution in [3.63, 3.8) is 0 Å². The number of phosphoric ester groups is 2. The summed E-state index contributed by atoms with van der Waals surface area (Å²) in [5.41, 5.74) is 0. The van der Waals surface area contributed by atoms with E-state index in [2.05, 4.69) is 55.4 Å². The second-order valence-corrected chi connectivity index (χ2v) is 30.7. The smallest absolute Gasteiger partial charge is 0.462 e. The van der Waals surface area contributed by atoms with Gasteiger partial charge in [0.05, 0.1) is 26.4 Å². The highest BCUT2D eigenvalue weighted by atomic mass is 31.2. The van der Waals surface area contributed by atoms with Crippen LogP contribution in [-0.4, -0.2) is 96.7 Å². The molecule has 546 valence electrons. The Morgan fingerprint density at radius 1 is 0.304 bits per heavy atom. The van der Waals surface area contributed by atoms with Gasteiger partial charge < -0.3 is 33.8 Å². The topological polar surface area (TPSA) is 237 Å². The quantitative estimate of drug-likeness (QED) is 0.0222. The van der Waals surface area contributed by atoms with Crippen LogP contribution in [0.5, 0.6) is 0 Å². The Morgan fingerprint density at radius 3 is 0.772 bits per heavy atom. The van der Waals surface area contributed by atoms with Crippen molar-refractivity contribution >= 4 is 39.5 Å². The standard InChI is InChI=1S/C73H142O17P2/c1-9-65(7)51-43-35-27-21-18-19-23-29-40-48-56-73(78)90-69(60-84-71(76)54-46-38-32-31-36-44-52-66(8)10-2)62-88-92(81,82)86-58-67(74)57-85-91(79,80)87-61-68(59-83-70(75)53-45-37-30-24-26-34-42-50-64(5)6)89-72(77)55-47-39-28-22-17-15-13-11-12-14-16-20-25-33-41-49-63(3)4/h63-69,74H,9-62H2,1-8H3,(H,79,80)(H,81,82)/t65?,66?,67-,68-,69-/m1/s1.